The predicted octanol–water partition coefficient (Wildman–Crippen LogP) is 1.42. The normalized spacial score (nSPS) is 10.1. The number of anilines is 2. The molecule has 1 aromatic heterocycles. The number of aromatic amines is 1. The molecule has 0 spiro atoms. The molecular formula is C13H14N4O3. The first-order valence-corrected chi connectivity index (χ1v) is 5.99. The summed E-state index contributed by atoms with van der Waals surface area (Å²) >= 11 is 0. The predicted molar refractivity (Wildman–Crippen MR) is 73.4 cm³/mol. The van der Waals surface area contributed by atoms with Crippen molar-refractivity contribution < 1.29 is 14.3 Å². The molecule has 0 unspecified atom stereocenters. The second-order valence-corrected chi connectivity index (χ2v) is 3.96. The quantitative estimate of drug-likeness (QED) is 0.730. The van der Waals surface area contributed by atoms with Crippen molar-refractivity contribution in [3.63, 3.8) is 0 Å². The van der Waals surface area contributed by atoms with Crippen LogP contribution in [0.1, 0.15) is 27.8 Å². The number of amides is 1. The van der Waals surface area contributed by atoms with Crippen molar-refractivity contribution in [2.75, 3.05) is 17.7 Å². The first kappa shape index (κ1) is 13.6. The van der Waals surface area contributed by atoms with Gasteiger partial charge in [-0.15, -0.1) is 0 Å². The fraction of sp³-hybridized carbons (Fsp3) is 0.154. The first-order valence-electron chi connectivity index (χ1n) is 5.99. The molecule has 2 aromatic rings. The van der Waals surface area contributed by atoms with Gasteiger partial charge in [-0.1, -0.05) is 6.07 Å². The summed E-state index contributed by atoms with van der Waals surface area (Å²) in [5, 5.41) is 8.80. The SMILES string of the molecule is CCOC(=O)c1cccc(NC(=O)c2[nH]ncc2N)c1. The Hall–Kier alpha value is -2.83. The summed E-state index contributed by atoms with van der Waals surface area (Å²) in [4.78, 5) is 23.5. The lowest BCUT2D eigenvalue weighted by Crippen LogP contribution is -2.14. The van der Waals surface area contributed by atoms with Crippen LogP contribution in [-0.2, 0) is 4.74 Å². The second kappa shape index (κ2) is 5.87. The van der Waals surface area contributed by atoms with Gasteiger partial charge in [0, 0.05) is 5.69 Å². The van der Waals surface area contributed by atoms with Crippen LogP contribution < -0.4 is 11.1 Å². The fourth-order valence-electron chi connectivity index (χ4n) is 1.61. The summed E-state index contributed by atoms with van der Waals surface area (Å²) in [6.07, 6.45) is 1.35. The molecular weight excluding hydrogens is 260 g/mol. The van der Waals surface area contributed by atoms with Crippen LogP contribution in [0.25, 0.3) is 0 Å². The van der Waals surface area contributed by atoms with E-state index in [9.17, 15) is 9.59 Å². The van der Waals surface area contributed by atoms with E-state index in [2.05, 4.69) is 15.5 Å². The van der Waals surface area contributed by atoms with Crippen LogP contribution in [0.5, 0.6) is 0 Å². The maximum atomic E-state index is 11.9. The molecule has 0 aliphatic heterocycles. The molecule has 2 rings (SSSR count). The summed E-state index contributed by atoms with van der Waals surface area (Å²) in [5.41, 5.74) is 6.84. The molecule has 7 heteroatoms. The van der Waals surface area contributed by atoms with Gasteiger partial charge in [-0.3, -0.25) is 9.89 Å². The number of rotatable bonds is 4. The number of H-pyrrole nitrogens is 1. The molecule has 0 fully saturated rings. The minimum absolute atomic E-state index is 0.173. The van der Waals surface area contributed by atoms with E-state index in [1.54, 1.807) is 25.1 Å². The van der Waals surface area contributed by atoms with Crippen molar-refractivity contribution in [1.82, 2.24) is 10.2 Å². The van der Waals surface area contributed by atoms with Crippen LogP contribution in [-0.4, -0.2) is 28.7 Å². The van der Waals surface area contributed by atoms with Gasteiger partial charge >= 0.3 is 5.97 Å². The van der Waals surface area contributed by atoms with Crippen molar-refractivity contribution in [3.05, 3.63) is 41.7 Å². The number of carbonyl (C=O) groups is 2. The Kier molecular flexibility index (Phi) is 3.99. The Morgan fingerprint density at radius 3 is 2.90 bits per heavy atom. The number of nitrogens with one attached hydrogen (secondary N) is 2. The first-order chi connectivity index (χ1) is 9.61. The van der Waals surface area contributed by atoms with Gasteiger partial charge in [-0.25, -0.2) is 4.79 Å². The highest BCUT2D eigenvalue weighted by molar-refractivity contribution is 6.06. The van der Waals surface area contributed by atoms with E-state index >= 15 is 0 Å². The topological polar surface area (TPSA) is 110 Å². The molecule has 0 bridgehead atoms. The standard InChI is InChI=1S/C13H14N4O3/c1-2-20-13(19)8-4-3-5-9(6-8)16-12(18)11-10(14)7-15-17-11/h3-7H,2,14H2,1H3,(H,15,17)(H,16,18). The summed E-state index contributed by atoms with van der Waals surface area (Å²) in [5.74, 6) is -0.870. The fourth-order valence-corrected chi connectivity index (χ4v) is 1.61. The van der Waals surface area contributed by atoms with Crippen molar-refractivity contribution in [2.45, 2.75) is 6.92 Å². The van der Waals surface area contributed by atoms with E-state index in [1.807, 2.05) is 0 Å². The number of nitrogen functional groups attached to an aromatic ring is 1. The molecule has 0 aliphatic rings. The van der Waals surface area contributed by atoms with E-state index in [0.29, 0.717) is 17.9 Å². The number of benzene rings is 1. The van der Waals surface area contributed by atoms with Crippen LogP contribution in [0.4, 0.5) is 11.4 Å². The van der Waals surface area contributed by atoms with E-state index in [0.717, 1.165) is 0 Å². The van der Waals surface area contributed by atoms with Crippen LogP contribution in [0.2, 0.25) is 0 Å². The zero-order chi connectivity index (χ0) is 14.5. The minimum atomic E-state index is -0.440. The van der Waals surface area contributed by atoms with Crippen molar-refractivity contribution >= 4 is 23.3 Å². The Morgan fingerprint density at radius 2 is 2.25 bits per heavy atom. The molecule has 0 atom stereocenters. The van der Waals surface area contributed by atoms with Crippen molar-refractivity contribution in [2.24, 2.45) is 0 Å². The molecule has 0 saturated heterocycles. The third-order valence-electron chi connectivity index (χ3n) is 2.53. The van der Waals surface area contributed by atoms with Crippen LogP contribution >= 0.6 is 0 Å². The highest BCUT2D eigenvalue weighted by Crippen LogP contribution is 2.14. The molecule has 7 nitrogen and oxygen atoms in total. The van der Waals surface area contributed by atoms with Gasteiger partial charge in [0.2, 0.25) is 0 Å². The largest absolute Gasteiger partial charge is 0.462 e. The summed E-state index contributed by atoms with van der Waals surface area (Å²) in [6.45, 7) is 2.02. The number of hydrogen-bond donors (Lipinski definition) is 3. The Balaban J connectivity index is 2.14. The summed E-state index contributed by atoms with van der Waals surface area (Å²) in [6, 6.07) is 6.45. The average molecular weight is 274 g/mol. The summed E-state index contributed by atoms with van der Waals surface area (Å²) < 4.78 is 4.89. The zero-order valence-electron chi connectivity index (χ0n) is 10.8. The number of hydrogen-bond acceptors (Lipinski definition) is 5. The second-order valence-electron chi connectivity index (χ2n) is 3.96. The number of carbonyl (C=O) groups excluding carboxylic acids is 2. The lowest BCUT2D eigenvalue weighted by Gasteiger charge is -2.06. The Labute approximate surface area is 115 Å². The third kappa shape index (κ3) is 2.94. The Bertz CT molecular complexity index is 636. The van der Waals surface area contributed by atoms with Gasteiger partial charge < -0.3 is 15.8 Å². The highest BCUT2D eigenvalue weighted by Gasteiger charge is 2.13. The van der Waals surface area contributed by atoms with Gasteiger partial charge in [0.25, 0.3) is 5.91 Å². The lowest BCUT2D eigenvalue weighted by atomic mass is 10.2. The molecule has 1 aromatic carbocycles. The molecule has 20 heavy (non-hydrogen) atoms. The smallest absolute Gasteiger partial charge is 0.338 e. The van der Waals surface area contributed by atoms with Crippen LogP contribution in [0.3, 0.4) is 0 Å². The van der Waals surface area contributed by atoms with E-state index < -0.39 is 11.9 Å². The lowest BCUT2D eigenvalue weighted by molar-refractivity contribution is 0.0526. The number of nitrogens with zero attached hydrogens (tertiary/aromatic N) is 1. The average Bonchev–Trinajstić information content (AvgIpc) is 2.85. The number of ether oxygens (including phenoxy) is 1. The van der Waals surface area contributed by atoms with Crippen LogP contribution in [0.15, 0.2) is 30.5 Å². The Morgan fingerprint density at radius 1 is 1.45 bits per heavy atom. The number of nitrogens with two attached hydrogens (primary N) is 1. The number of esters is 1. The molecule has 1 amide bonds. The van der Waals surface area contributed by atoms with Gasteiger partial charge in [-0.2, -0.15) is 5.10 Å². The van der Waals surface area contributed by atoms with Gasteiger partial charge in [-0.05, 0) is 25.1 Å². The van der Waals surface area contributed by atoms with Crippen molar-refractivity contribution in [3.8, 4) is 0 Å². The van der Waals surface area contributed by atoms with Gasteiger partial charge in [0.05, 0.1) is 24.1 Å². The monoisotopic (exact) mass is 274 g/mol. The maximum absolute atomic E-state index is 11.9. The molecule has 1 heterocycles. The van der Waals surface area contributed by atoms with E-state index in [1.165, 1.54) is 12.3 Å². The van der Waals surface area contributed by atoms with Crippen LogP contribution in [0, 0.1) is 0 Å². The highest BCUT2D eigenvalue weighted by atomic mass is 16.5. The summed E-state index contributed by atoms with van der Waals surface area (Å²) in [7, 11) is 0. The van der Waals surface area contributed by atoms with Gasteiger partial charge in [0.1, 0.15) is 5.69 Å². The maximum Gasteiger partial charge on any atom is 0.338 e. The van der Waals surface area contributed by atoms with Crippen molar-refractivity contribution in [1.29, 1.82) is 0 Å². The van der Waals surface area contributed by atoms with Gasteiger partial charge in [0.15, 0.2) is 0 Å². The van der Waals surface area contributed by atoms with E-state index in [4.69, 9.17) is 10.5 Å². The number of aromatic nitrogens is 2. The molecule has 0 aliphatic carbocycles. The minimum Gasteiger partial charge on any atom is -0.462 e. The molecule has 4 N–H and O–H groups in total. The molecule has 0 saturated carbocycles. The van der Waals surface area contributed by atoms with E-state index in [-0.39, 0.29) is 11.4 Å². The molecule has 0 radical (unpaired) electrons. The third-order valence-corrected chi connectivity index (χ3v) is 2.53. The zero-order valence-corrected chi connectivity index (χ0v) is 10.8. The molecule has 104 valence electrons.